The van der Waals surface area contributed by atoms with E-state index in [0.29, 0.717) is 0 Å². The predicted octanol–water partition coefficient (Wildman–Crippen LogP) is 1.44. The number of rotatable bonds is 2. The topological polar surface area (TPSA) is 81.2 Å². The van der Waals surface area contributed by atoms with Crippen LogP contribution in [0.2, 0.25) is 0 Å². The molecule has 8 heteroatoms. The molecule has 0 spiro atoms. The molecule has 0 aliphatic rings. The van der Waals surface area contributed by atoms with Gasteiger partial charge in [0.2, 0.25) is 5.75 Å². The van der Waals surface area contributed by atoms with Crippen molar-refractivity contribution < 1.29 is 22.6 Å². The summed E-state index contributed by atoms with van der Waals surface area (Å²) in [5.41, 5.74) is 5.00. The quantitative estimate of drug-likeness (QED) is 0.835. The number of anilines is 1. The van der Waals surface area contributed by atoms with E-state index in [4.69, 9.17) is 11.0 Å². The fourth-order valence-electron chi connectivity index (χ4n) is 0.976. The SMILES string of the molecule is COc1c(OC(F)(F)F)ncc(N)c1C#N. The van der Waals surface area contributed by atoms with Crippen molar-refractivity contribution in [3.8, 4) is 17.7 Å². The number of methoxy groups -OCH3 is 1. The second-order valence-electron chi connectivity index (χ2n) is 2.59. The van der Waals surface area contributed by atoms with Gasteiger partial charge in [-0.1, -0.05) is 0 Å². The lowest BCUT2D eigenvalue weighted by Gasteiger charge is -2.12. The lowest BCUT2D eigenvalue weighted by atomic mass is 10.2. The maximum Gasteiger partial charge on any atom is 0.574 e. The third-order valence-corrected chi connectivity index (χ3v) is 1.56. The zero-order chi connectivity index (χ0) is 12.3. The summed E-state index contributed by atoms with van der Waals surface area (Å²) in [7, 11) is 1.08. The number of nitrogens with zero attached hydrogens (tertiary/aromatic N) is 2. The van der Waals surface area contributed by atoms with Crippen molar-refractivity contribution in [2.75, 3.05) is 12.8 Å². The van der Waals surface area contributed by atoms with Crippen molar-refractivity contribution in [3.63, 3.8) is 0 Å². The van der Waals surface area contributed by atoms with Gasteiger partial charge in [0.25, 0.3) is 5.88 Å². The summed E-state index contributed by atoms with van der Waals surface area (Å²) in [4.78, 5) is 3.30. The number of halogens is 3. The molecule has 0 unspecified atom stereocenters. The Bertz CT molecular complexity index is 439. The minimum atomic E-state index is -4.91. The molecular weight excluding hydrogens is 227 g/mol. The van der Waals surface area contributed by atoms with Gasteiger partial charge in [0.05, 0.1) is 19.0 Å². The largest absolute Gasteiger partial charge is 0.574 e. The number of hydrogen-bond acceptors (Lipinski definition) is 5. The molecule has 0 saturated heterocycles. The Morgan fingerprint density at radius 2 is 2.12 bits per heavy atom. The first-order chi connectivity index (χ1) is 7.39. The summed E-state index contributed by atoms with van der Waals surface area (Å²) < 4.78 is 44.1. The molecule has 1 rings (SSSR count). The molecule has 0 amide bonds. The molecule has 0 fully saturated rings. The standard InChI is InChI=1S/C8H6F3N3O2/c1-15-6-4(2-12)5(13)3-14-7(6)16-8(9,10)11/h3H,13H2,1H3. The molecule has 5 nitrogen and oxygen atoms in total. The molecule has 0 radical (unpaired) electrons. The zero-order valence-corrected chi connectivity index (χ0v) is 8.00. The van der Waals surface area contributed by atoms with E-state index < -0.39 is 18.0 Å². The van der Waals surface area contributed by atoms with E-state index in [1.54, 1.807) is 6.07 Å². The fourth-order valence-corrected chi connectivity index (χ4v) is 0.976. The number of pyridine rings is 1. The summed E-state index contributed by atoms with van der Waals surface area (Å²) in [6.45, 7) is 0. The Labute approximate surface area is 88.2 Å². The van der Waals surface area contributed by atoms with E-state index in [-0.39, 0.29) is 11.3 Å². The van der Waals surface area contributed by atoms with Crippen LogP contribution in [0.15, 0.2) is 6.20 Å². The van der Waals surface area contributed by atoms with Crippen LogP contribution in [0.5, 0.6) is 11.6 Å². The van der Waals surface area contributed by atoms with Crippen LogP contribution >= 0.6 is 0 Å². The monoisotopic (exact) mass is 233 g/mol. The van der Waals surface area contributed by atoms with E-state index in [9.17, 15) is 13.2 Å². The Morgan fingerprint density at radius 1 is 1.50 bits per heavy atom. The van der Waals surface area contributed by atoms with E-state index in [1.807, 2.05) is 0 Å². The van der Waals surface area contributed by atoms with Crippen LogP contribution in [0.3, 0.4) is 0 Å². The van der Waals surface area contributed by atoms with Crippen molar-refractivity contribution >= 4 is 5.69 Å². The van der Waals surface area contributed by atoms with Gasteiger partial charge in [-0.2, -0.15) is 5.26 Å². The van der Waals surface area contributed by atoms with Gasteiger partial charge in [0, 0.05) is 0 Å². The van der Waals surface area contributed by atoms with Crippen LogP contribution in [-0.4, -0.2) is 18.5 Å². The highest BCUT2D eigenvalue weighted by Crippen LogP contribution is 2.34. The van der Waals surface area contributed by atoms with Gasteiger partial charge in [-0.15, -0.1) is 13.2 Å². The van der Waals surface area contributed by atoms with Crippen LogP contribution < -0.4 is 15.2 Å². The third-order valence-electron chi connectivity index (χ3n) is 1.56. The van der Waals surface area contributed by atoms with E-state index >= 15 is 0 Å². The normalized spacial score (nSPS) is 10.7. The van der Waals surface area contributed by atoms with Crippen molar-refractivity contribution in [3.05, 3.63) is 11.8 Å². The molecule has 16 heavy (non-hydrogen) atoms. The Hall–Kier alpha value is -2.17. The van der Waals surface area contributed by atoms with Crippen LogP contribution in [0.1, 0.15) is 5.56 Å². The van der Waals surface area contributed by atoms with Gasteiger partial charge in [0.15, 0.2) is 0 Å². The molecule has 1 aromatic rings. The maximum atomic E-state index is 12.0. The van der Waals surface area contributed by atoms with Gasteiger partial charge in [-0.05, 0) is 0 Å². The Kier molecular flexibility index (Phi) is 3.08. The number of nitrogens with two attached hydrogens (primary N) is 1. The number of nitriles is 1. The van der Waals surface area contributed by atoms with Crippen molar-refractivity contribution in [1.29, 1.82) is 5.26 Å². The van der Waals surface area contributed by atoms with Gasteiger partial charge in [-0.3, -0.25) is 0 Å². The highest BCUT2D eigenvalue weighted by molar-refractivity contribution is 5.63. The summed E-state index contributed by atoms with van der Waals surface area (Å²) in [6, 6.07) is 1.60. The van der Waals surface area contributed by atoms with E-state index in [0.717, 1.165) is 13.3 Å². The molecule has 0 saturated carbocycles. The second-order valence-corrected chi connectivity index (χ2v) is 2.59. The summed E-state index contributed by atoms with van der Waals surface area (Å²) in [5.74, 6) is -1.29. The van der Waals surface area contributed by atoms with Gasteiger partial charge in [0.1, 0.15) is 11.6 Å². The van der Waals surface area contributed by atoms with Crippen LogP contribution in [0.4, 0.5) is 18.9 Å². The maximum absolute atomic E-state index is 12.0. The smallest absolute Gasteiger partial charge is 0.490 e. The lowest BCUT2D eigenvalue weighted by Crippen LogP contribution is -2.19. The van der Waals surface area contributed by atoms with Gasteiger partial charge < -0.3 is 15.2 Å². The number of hydrogen-bond donors (Lipinski definition) is 1. The molecule has 0 bridgehead atoms. The van der Waals surface area contributed by atoms with Gasteiger partial charge in [-0.25, -0.2) is 4.98 Å². The predicted molar refractivity (Wildman–Crippen MR) is 46.6 cm³/mol. The molecule has 0 atom stereocenters. The highest BCUT2D eigenvalue weighted by Gasteiger charge is 2.34. The minimum absolute atomic E-state index is 0.0890. The Morgan fingerprint density at radius 3 is 2.56 bits per heavy atom. The van der Waals surface area contributed by atoms with Gasteiger partial charge >= 0.3 is 6.36 Å². The number of nitrogen functional groups attached to an aromatic ring is 1. The average Bonchev–Trinajstić information content (AvgIpc) is 2.18. The molecule has 1 heterocycles. The van der Waals surface area contributed by atoms with Crippen molar-refractivity contribution in [2.24, 2.45) is 0 Å². The van der Waals surface area contributed by atoms with E-state index in [1.165, 1.54) is 0 Å². The third kappa shape index (κ3) is 2.44. The minimum Gasteiger partial charge on any atom is -0.490 e. The first-order valence-corrected chi connectivity index (χ1v) is 3.87. The Balaban J connectivity index is 3.26. The number of alkyl halides is 3. The van der Waals surface area contributed by atoms with Crippen molar-refractivity contribution in [1.82, 2.24) is 4.98 Å². The number of aromatic nitrogens is 1. The highest BCUT2D eigenvalue weighted by atomic mass is 19.4. The fraction of sp³-hybridized carbons (Fsp3) is 0.250. The van der Waals surface area contributed by atoms with E-state index in [2.05, 4.69) is 14.5 Å². The summed E-state index contributed by atoms with van der Waals surface area (Å²) in [6.07, 6.45) is -4.02. The summed E-state index contributed by atoms with van der Waals surface area (Å²) in [5, 5.41) is 8.68. The lowest BCUT2D eigenvalue weighted by molar-refractivity contribution is -0.276. The molecule has 2 N–H and O–H groups in total. The first-order valence-electron chi connectivity index (χ1n) is 3.87. The molecule has 1 aromatic heterocycles. The molecule has 86 valence electrons. The van der Waals surface area contributed by atoms with Crippen molar-refractivity contribution in [2.45, 2.75) is 6.36 Å². The number of ether oxygens (including phenoxy) is 2. The molecular formula is C8H6F3N3O2. The van der Waals surface area contributed by atoms with Crippen LogP contribution in [-0.2, 0) is 0 Å². The van der Waals surface area contributed by atoms with Crippen LogP contribution in [0, 0.1) is 11.3 Å². The first kappa shape index (κ1) is 11.9. The molecule has 0 aromatic carbocycles. The second kappa shape index (κ2) is 4.14. The molecule has 0 aliphatic heterocycles. The average molecular weight is 233 g/mol. The summed E-state index contributed by atoms with van der Waals surface area (Å²) >= 11 is 0. The zero-order valence-electron chi connectivity index (χ0n) is 8.00. The van der Waals surface area contributed by atoms with Crippen LogP contribution in [0.25, 0.3) is 0 Å². The molecule has 0 aliphatic carbocycles.